The van der Waals surface area contributed by atoms with Gasteiger partial charge >= 0.3 is 0 Å². The lowest BCUT2D eigenvalue weighted by molar-refractivity contribution is -0.133. The number of amides is 1. The lowest BCUT2D eigenvalue weighted by Gasteiger charge is -2.38. The summed E-state index contributed by atoms with van der Waals surface area (Å²) in [5, 5.41) is 2.97. The summed E-state index contributed by atoms with van der Waals surface area (Å²) in [6, 6.07) is 0. The second-order valence-electron chi connectivity index (χ2n) is 6.44. The summed E-state index contributed by atoms with van der Waals surface area (Å²) in [6.07, 6.45) is 0.0781. The van der Waals surface area contributed by atoms with Crippen molar-refractivity contribution >= 4 is 5.91 Å². The SMILES string of the molecule is CCN1CCOC(CNC(=O)C(C)(C)C(C)(C)N)C1. The Morgan fingerprint density at radius 1 is 1.42 bits per heavy atom. The third kappa shape index (κ3) is 4.16. The van der Waals surface area contributed by atoms with Crippen molar-refractivity contribution in [3.05, 3.63) is 0 Å². The van der Waals surface area contributed by atoms with Gasteiger partial charge in [-0.15, -0.1) is 0 Å². The van der Waals surface area contributed by atoms with E-state index in [0.717, 1.165) is 26.2 Å². The topological polar surface area (TPSA) is 67.6 Å². The maximum absolute atomic E-state index is 12.2. The number of hydrogen-bond donors (Lipinski definition) is 2. The zero-order chi connectivity index (χ0) is 14.7. The highest BCUT2D eigenvalue weighted by Crippen LogP contribution is 2.28. The van der Waals surface area contributed by atoms with Crippen LogP contribution in [0.5, 0.6) is 0 Å². The molecule has 0 spiro atoms. The lowest BCUT2D eigenvalue weighted by Crippen LogP contribution is -2.57. The molecule has 0 aliphatic carbocycles. The Bertz CT molecular complexity index is 310. The summed E-state index contributed by atoms with van der Waals surface area (Å²) < 4.78 is 5.67. The van der Waals surface area contributed by atoms with Crippen LogP contribution in [0.3, 0.4) is 0 Å². The van der Waals surface area contributed by atoms with Crippen molar-refractivity contribution in [2.75, 3.05) is 32.8 Å². The van der Waals surface area contributed by atoms with Crippen molar-refractivity contribution in [2.24, 2.45) is 11.1 Å². The molecule has 1 amide bonds. The lowest BCUT2D eigenvalue weighted by atomic mass is 9.74. The number of carbonyl (C=O) groups is 1. The highest BCUT2D eigenvalue weighted by Gasteiger charge is 2.40. The van der Waals surface area contributed by atoms with E-state index in [-0.39, 0.29) is 12.0 Å². The van der Waals surface area contributed by atoms with Crippen molar-refractivity contribution in [1.29, 1.82) is 0 Å². The average molecular weight is 271 g/mol. The smallest absolute Gasteiger partial charge is 0.227 e. The van der Waals surface area contributed by atoms with E-state index in [2.05, 4.69) is 17.1 Å². The van der Waals surface area contributed by atoms with Gasteiger partial charge in [0.15, 0.2) is 0 Å². The molecular formula is C14H29N3O2. The van der Waals surface area contributed by atoms with Crippen molar-refractivity contribution in [1.82, 2.24) is 10.2 Å². The van der Waals surface area contributed by atoms with Crippen LogP contribution in [0.15, 0.2) is 0 Å². The molecule has 0 radical (unpaired) electrons. The molecule has 0 bridgehead atoms. The third-order valence-electron chi connectivity index (χ3n) is 4.34. The van der Waals surface area contributed by atoms with Crippen LogP contribution in [0.4, 0.5) is 0 Å². The first-order valence-electron chi connectivity index (χ1n) is 7.09. The van der Waals surface area contributed by atoms with E-state index in [9.17, 15) is 4.79 Å². The predicted octanol–water partition coefficient (Wildman–Crippen LogP) is 0.587. The van der Waals surface area contributed by atoms with Gasteiger partial charge in [-0.1, -0.05) is 6.92 Å². The van der Waals surface area contributed by atoms with Gasteiger partial charge in [0.2, 0.25) is 5.91 Å². The Balaban J connectivity index is 2.46. The molecule has 0 aromatic rings. The van der Waals surface area contributed by atoms with Gasteiger partial charge in [-0.2, -0.15) is 0 Å². The quantitative estimate of drug-likeness (QED) is 0.768. The van der Waals surface area contributed by atoms with E-state index in [1.807, 2.05) is 27.7 Å². The summed E-state index contributed by atoms with van der Waals surface area (Å²) >= 11 is 0. The number of likely N-dealkylation sites (N-methyl/N-ethyl adjacent to an activating group) is 1. The van der Waals surface area contributed by atoms with Gasteiger partial charge < -0.3 is 15.8 Å². The van der Waals surface area contributed by atoms with Crippen LogP contribution in [-0.2, 0) is 9.53 Å². The number of morpholine rings is 1. The molecule has 1 saturated heterocycles. The average Bonchev–Trinajstić information content (AvgIpc) is 2.34. The van der Waals surface area contributed by atoms with Gasteiger partial charge in [0.1, 0.15) is 0 Å². The first-order valence-corrected chi connectivity index (χ1v) is 7.09. The normalized spacial score (nSPS) is 22.3. The third-order valence-corrected chi connectivity index (χ3v) is 4.34. The summed E-state index contributed by atoms with van der Waals surface area (Å²) in [6.45, 7) is 13.8. The molecular weight excluding hydrogens is 242 g/mol. The van der Waals surface area contributed by atoms with E-state index in [1.54, 1.807) is 0 Å². The summed E-state index contributed by atoms with van der Waals surface area (Å²) in [5.74, 6) is -0.0165. The molecule has 19 heavy (non-hydrogen) atoms. The number of nitrogens with zero attached hydrogens (tertiary/aromatic N) is 1. The zero-order valence-corrected chi connectivity index (χ0v) is 13.0. The molecule has 1 fully saturated rings. The highest BCUT2D eigenvalue weighted by molar-refractivity contribution is 5.83. The van der Waals surface area contributed by atoms with E-state index in [4.69, 9.17) is 10.5 Å². The van der Waals surface area contributed by atoms with Crippen LogP contribution in [0.1, 0.15) is 34.6 Å². The second kappa shape index (κ2) is 6.20. The molecule has 0 aromatic heterocycles. The minimum atomic E-state index is -0.605. The minimum Gasteiger partial charge on any atom is -0.374 e. The first kappa shape index (κ1) is 16.4. The fourth-order valence-corrected chi connectivity index (χ4v) is 1.91. The largest absolute Gasteiger partial charge is 0.374 e. The van der Waals surface area contributed by atoms with Crippen molar-refractivity contribution < 1.29 is 9.53 Å². The Morgan fingerprint density at radius 3 is 2.58 bits per heavy atom. The molecule has 5 heteroatoms. The van der Waals surface area contributed by atoms with Gasteiger partial charge in [0.05, 0.1) is 18.1 Å². The van der Waals surface area contributed by atoms with E-state index in [1.165, 1.54) is 0 Å². The maximum atomic E-state index is 12.2. The number of nitrogens with two attached hydrogens (primary N) is 1. The molecule has 3 N–H and O–H groups in total. The number of rotatable bonds is 5. The van der Waals surface area contributed by atoms with E-state index < -0.39 is 11.0 Å². The molecule has 112 valence electrons. The van der Waals surface area contributed by atoms with E-state index >= 15 is 0 Å². The second-order valence-corrected chi connectivity index (χ2v) is 6.44. The van der Waals surface area contributed by atoms with Gasteiger partial charge in [0.25, 0.3) is 0 Å². The zero-order valence-electron chi connectivity index (χ0n) is 13.0. The molecule has 1 aliphatic heterocycles. The Morgan fingerprint density at radius 2 is 2.05 bits per heavy atom. The first-order chi connectivity index (χ1) is 8.68. The molecule has 5 nitrogen and oxygen atoms in total. The van der Waals surface area contributed by atoms with Crippen LogP contribution < -0.4 is 11.1 Å². The number of carbonyl (C=O) groups excluding carboxylic acids is 1. The fourth-order valence-electron chi connectivity index (χ4n) is 1.91. The number of hydrogen-bond acceptors (Lipinski definition) is 4. The Hall–Kier alpha value is -0.650. The van der Waals surface area contributed by atoms with Crippen molar-refractivity contribution in [2.45, 2.75) is 46.3 Å². The molecule has 1 aliphatic rings. The van der Waals surface area contributed by atoms with Crippen molar-refractivity contribution in [3.8, 4) is 0 Å². The van der Waals surface area contributed by atoms with Gasteiger partial charge in [0, 0.05) is 25.2 Å². The minimum absolute atomic E-state index is 0.0165. The van der Waals surface area contributed by atoms with Crippen LogP contribution in [0.25, 0.3) is 0 Å². The Labute approximate surface area is 116 Å². The predicted molar refractivity (Wildman–Crippen MR) is 76.9 cm³/mol. The Kier molecular flexibility index (Phi) is 5.35. The van der Waals surface area contributed by atoms with Gasteiger partial charge in [-0.05, 0) is 34.2 Å². The maximum Gasteiger partial charge on any atom is 0.227 e. The molecule has 0 aromatic carbocycles. The standard InChI is InChI=1S/C14H29N3O2/c1-6-17-7-8-19-11(10-17)9-16-12(18)13(2,3)14(4,5)15/h11H,6-10,15H2,1-5H3,(H,16,18). The van der Waals surface area contributed by atoms with Crippen LogP contribution in [0, 0.1) is 5.41 Å². The monoisotopic (exact) mass is 271 g/mol. The highest BCUT2D eigenvalue weighted by atomic mass is 16.5. The van der Waals surface area contributed by atoms with Gasteiger partial charge in [-0.25, -0.2) is 0 Å². The summed E-state index contributed by atoms with van der Waals surface area (Å²) in [5.41, 5.74) is 4.91. The van der Waals surface area contributed by atoms with Crippen molar-refractivity contribution in [3.63, 3.8) is 0 Å². The number of nitrogens with one attached hydrogen (secondary N) is 1. The van der Waals surface area contributed by atoms with E-state index in [0.29, 0.717) is 6.54 Å². The summed E-state index contributed by atoms with van der Waals surface area (Å²) in [4.78, 5) is 14.6. The molecule has 1 rings (SSSR count). The van der Waals surface area contributed by atoms with Crippen LogP contribution in [-0.4, -0.2) is 55.2 Å². The fraction of sp³-hybridized carbons (Fsp3) is 0.929. The molecule has 1 heterocycles. The van der Waals surface area contributed by atoms with Gasteiger partial charge in [-0.3, -0.25) is 9.69 Å². The van der Waals surface area contributed by atoms with Crippen LogP contribution in [0.2, 0.25) is 0 Å². The molecule has 0 saturated carbocycles. The molecule has 1 atom stereocenters. The molecule has 1 unspecified atom stereocenters. The van der Waals surface area contributed by atoms with Crippen LogP contribution >= 0.6 is 0 Å². The number of ether oxygens (including phenoxy) is 1. The summed E-state index contributed by atoms with van der Waals surface area (Å²) in [7, 11) is 0.